The van der Waals surface area contributed by atoms with Crippen molar-refractivity contribution in [2.45, 2.75) is 39.5 Å². The maximum absolute atomic E-state index is 11.6. The summed E-state index contributed by atoms with van der Waals surface area (Å²) in [6.07, 6.45) is 1.27. The Kier molecular flexibility index (Phi) is 3.32. The number of hydrogen-bond acceptors (Lipinski definition) is 1. The molecule has 0 amide bonds. The average molecular weight is 229 g/mol. The summed E-state index contributed by atoms with van der Waals surface area (Å²) in [5.41, 5.74) is 3.64. The highest BCUT2D eigenvalue weighted by Gasteiger charge is 2.16. The maximum atomic E-state index is 11.6. The van der Waals surface area contributed by atoms with Gasteiger partial charge in [-0.25, -0.2) is 0 Å². The zero-order chi connectivity index (χ0) is 12.4. The van der Waals surface area contributed by atoms with E-state index in [1.807, 2.05) is 19.1 Å². The lowest BCUT2D eigenvalue weighted by Gasteiger charge is -2.10. The van der Waals surface area contributed by atoms with Crippen molar-refractivity contribution in [3.8, 4) is 0 Å². The first-order valence-corrected chi connectivity index (χ1v) is 6.22. The molecular weight excluding hydrogens is 210 g/mol. The van der Waals surface area contributed by atoms with Crippen molar-refractivity contribution in [2.75, 3.05) is 0 Å². The second kappa shape index (κ2) is 4.74. The van der Waals surface area contributed by atoms with Crippen LogP contribution in [0.1, 0.15) is 43.9 Å². The molecule has 0 aliphatic heterocycles. The Hall–Kier alpha value is -1.57. The van der Waals surface area contributed by atoms with Crippen LogP contribution in [0.15, 0.2) is 24.3 Å². The maximum Gasteiger partial charge on any atom is 0.133 e. The topological polar surface area (TPSA) is 32.9 Å². The molecule has 0 radical (unpaired) electrons. The number of benzene rings is 1. The van der Waals surface area contributed by atoms with E-state index < -0.39 is 0 Å². The molecule has 0 aliphatic rings. The molecule has 90 valence electrons. The Morgan fingerprint density at radius 2 is 2.06 bits per heavy atom. The number of aromatic amines is 1. The third-order valence-corrected chi connectivity index (χ3v) is 3.36. The SMILES string of the molecule is CCC(=O)C[C@H](C)c1c(C)[nH]c2ccccc12. The zero-order valence-electron chi connectivity index (χ0n) is 10.7. The summed E-state index contributed by atoms with van der Waals surface area (Å²) >= 11 is 0. The lowest BCUT2D eigenvalue weighted by Crippen LogP contribution is -2.03. The first-order chi connectivity index (χ1) is 8.13. The predicted molar refractivity (Wildman–Crippen MR) is 71.4 cm³/mol. The highest BCUT2D eigenvalue weighted by atomic mass is 16.1. The minimum Gasteiger partial charge on any atom is -0.358 e. The number of fused-ring (bicyclic) bond motifs is 1. The number of ketones is 1. The first kappa shape index (κ1) is 11.9. The van der Waals surface area contributed by atoms with Gasteiger partial charge in [-0.15, -0.1) is 0 Å². The molecule has 1 N–H and O–H groups in total. The summed E-state index contributed by atoms with van der Waals surface area (Å²) in [5.74, 6) is 0.626. The van der Waals surface area contributed by atoms with Gasteiger partial charge in [0.25, 0.3) is 0 Å². The largest absolute Gasteiger partial charge is 0.358 e. The van der Waals surface area contributed by atoms with Crippen molar-refractivity contribution in [3.05, 3.63) is 35.5 Å². The fourth-order valence-corrected chi connectivity index (χ4v) is 2.52. The molecule has 0 bridgehead atoms. The van der Waals surface area contributed by atoms with Crippen LogP contribution in [0, 0.1) is 6.92 Å². The fraction of sp³-hybridized carbons (Fsp3) is 0.400. The fourth-order valence-electron chi connectivity index (χ4n) is 2.52. The van der Waals surface area contributed by atoms with E-state index in [1.165, 1.54) is 16.6 Å². The number of H-pyrrole nitrogens is 1. The van der Waals surface area contributed by atoms with Gasteiger partial charge in [0.1, 0.15) is 5.78 Å². The number of aryl methyl sites for hydroxylation is 1. The summed E-state index contributed by atoms with van der Waals surface area (Å²) in [6, 6.07) is 8.29. The van der Waals surface area contributed by atoms with Crippen LogP contribution in [0.25, 0.3) is 10.9 Å². The zero-order valence-corrected chi connectivity index (χ0v) is 10.7. The molecule has 2 aromatic rings. The van der Waals surface area contributed by atoms with Crippen LogP contribution in [0.5, 0.6) is 0 Å². The monoisotopic (exact) mass is 229 g/mol. The van der Waals surface area contributed by atoms with Gasteiger partial charge in [-0.1, -0.05) is 32.0 Å². The normalized spacial score (nSPS) is 12.9. The van der Waals surface area contributed by atoms with E-state index in [1.54, 1.807) is 0 Å². The van der Waals surface area contributed by atoms with E-state index in [9.17, 15) is 4.79 Å². The highest BCUT2D eigenvalue weighted by molar-refractivity contribution is 5.86. The molecule has 2 nitrogen and oxygen atoms in total. The number of hydrogen-bond donors (Lipinski definition) is 1. The molecule has 1 aromatic heterocycles. The average Bonchev–Trinajstić information content (AvgIpc) is 2.64. The Bertz CT molecular complexity index is 539. The lowest BCUT2D eigenvalue weighted by molar-refractivity contribution is -0.119. The molecule has 0 fully saturated rings. The molecule has 0 saturated carbocycles. The predicted octanol–water partition coefficient (Wildman–Crippen LogP) is 3.95. The van der Waals surface area contributed by atoms with Crippen molar-refractivity contribution in [1.29, 1.82) is 0 Å². The van der Waals surface area contributed by atoms with Crippen LogP contribution in [0.4, 0.5) is 0 Å². The molecule has 1 aromatic carbocycles. The molecular formula is C15H19NO. The van der Waals surface area contributed by atoms with Crippen molar-refractivity contribution in [1.82, 2.24) is 4.98 Å². The van der Waals surface area contributed by atoms with Crippen LogP contribution < -0.4 is 0 Å². The standard InChI is InChI=1S/C15H19NO/c1-4-12(17)9-10(2)15-11(3)16-14-8-6-5-7-13(14)15/h5-8,10,16H,4,9H2,1-3H3/t10-/m0/s1. The van der Waals surface area contributed by atoms with Gasteiger partial charge in [-0.3, -0.25) is 4.79 Å². The van der Waals surface area contributed by atoms with Gasteiger partial charge in [0, 0.05) is 29.4 Å². The Morgan fingerprint density at radius 3 is 2.76 bits per heavy atom. The smallest absolute Gasteiger partial charge is 0.133 e. The Morgan fingerprint density at radius 1 is 1.35 bits per heavy atom. The van der Waals surface area contributed by atoms with E-state index >= 15 is 0 Å². The number of aromatic nitrogens is 1. The van der Waals surface area contributed by atoms with Gasteiger partial charge in [-0.2, -0.15) is 0 Å². The van der Waals surface area contributed by atoms with Crippen molar-refractivity contribution < 1.29 is 4.79 Å². The van der Waals surface area contributed by atoms with Gasteiger partial charge in [0.05, 0.1) is 0 Å². The van der Waals surface area contributed by atoms with E-state index in [4.69, 9.17) is 0 Å². The van der Waals surface area contributed by atoms with Gasteiger partial charge in [0.15, 0.2) is 0 Å². The van der Waals surface area contributed by atoms with Gasteiger partial charge >= 0.3 is 0 Å². The van der Waals surface area contributed by atoms with Crippen molar-refractivity contribution in [3.63, 3.8) is 0 Å². The van der Waals surface area contributed by atoms with Crippen molar-refractivity contribution >= 4 is 16.7 Å². The summed E-state index contributed by atoms with van der Waals surface area (Å²) < 4.78 is 0. The van der Waals surface area contributed by atoms with E-state index in [0.717, 1.165) is 5.52 Å². The highest BCUT2D eigenvalue weighted by Crippen LogP contribution is 2.31. The number of rotatable bonds is 4. The quantitative estimate of drug-likeness (QED) is 0.846. The van der Waals surface area contributed by atoms with Crippen molar-refractivity contribution in [2.24, 2.45) is 0 Å². The second-order valence-corrected chi connectivity index (χ2v) is 4.71. The van der Waals surface area contributed by atoms with Gasteiger partial charge in [0.2, 0.25) is 0 Å². The molecule has 2 heteroatoms. The summed E-state index contributed by atoms with van der Waals surface area (Å²) in [5, 5.41) is 1.25. The molecule has 0 saturated heterocycles. The molecule has 17 heavy (non-hydrogen) atoms. The number of para-hydroxylation sites is 1. The third kappa shape index (κ3) is 2.26. The van der Waals surface area contributed by atoms with E-state index in [2.05, 4.69) is 31.0 Å². The Balaban J connectivity index is 2.40. The first-order valence-electron chi connectivity index (χ1n) is 6.22. The number of nitrogens with one attached hydrogen (secondary N) is 1. The number of Topliss-reactive ketones (excluding diaryl/α,β-unsaturated/α-hetero) is 1. The van der Waals surface area contributed by atoms with Crippen LogP contribution in [-0.2, 0) is 4.79 Å². The van der Waals surface area contributed by atoms with E-state index in [0.29, 0.717) is 24.5 Å². The molecule has 1 heterocycles. The number of carbonyl (C=O) groups excluding carboxylic acids is 1. The molecule has 0 spiro atoms. The molecule has 0 unspecified atom stereocenters. The van der Waals surface area contributed by atoms with Gasteiger partial charge < -0.3 is 4.98 Å². The number of carbonyl (C=O) groups is 1. The summed E-state index contributed by atoms with van der Waals surface area (Å²) in [6.45, 7) is 6.15. The third-order valence-electron chi connectivity index (χ3n) is 3.36. The molecule has 1 atom stereocenters. The summed E-state index contributed by atoms with van der Waals surface area (Å²) in [7, 11) is 0. The molecule has 0 aliphatic carbocycles. The Labute approximate surface area is 102 Å². The lowest BCUT2D eigenvalue weighted by atomic mass is 9.92. The minimum atomic E-state index is 0.290. The van der Waals surface area contributed by atoms with E-state index in [-0.39, 0.29) is 0 Å². The van der Waals surface area contributed by atoms with Crippen LogP contribution in [-0.4, -0.2) is 10.8 Å². The second-order valence-electron chi connectivity index (χ2n) is 4.71. The molecule has 2 rings (SSSR count). The van der Waals surface area contributed by atoms with Crippen LogP contribution in [0.2, 0.25) is 0 Å². The van der Waals surface area contributed by atoms with Gasteiger partial charge in [-0.05, 0) is 24.5 Å². The summed E-state index contributed by atoms with van der Waals surface area (Å²) in [4.78, 5) is 14.9. The minimum absolute atomic E-state index is 0.290. The van der Waals surface area contributed by atoms with Crippen LogP contribution >= 0.6 is 0 Å². The van der Waals surface area contributed by atoms with Crippen LogP contribution in [0.3, 0.4) is 0 Å².